The summed E-state index contributed by atoms with van der Waals surface area (Å²) in [7, 11) is 0. The van der Waals surface area contributed by atoms with Gasteiger partial charge >= 0.3 is 0 Å². The third-order valence-electron chi connectivity index (χ3n) is 3.34. The van der Waals surface area contributed by atoms with E-state index in [4.69, 9.17) is 5.73 Å². The number of anilines is 1. The van der Waals surface area contributed by atoms with Crippen LogP contribution in [0.3, 0.4) is 0 Å². The normalized spacial score (nSPS) is 14.5. The summed E-state index contributed by atoms with van der Waals surface area (Å²) >= 11 is 0. The average molecular weight is 243 g/mol. The van der Waals surface area contributed by atoms with Gasteiger partial charge in [0.25, 0.3) is 0 Å². The molecule has 0 fully saturated rings. The van der Waals surface area contributed by atoms with Gasteiger partial charge in [-0.3, -0.25) is 0 Å². The Morgan fingerprint density at radius 3 is 2.94 bits per heavy atom. The minimum Gasteiger partial charge on any atom is -0.384 e. The minimum atomic E-state index is 0.534. The lowest BCUT2D eigenvalue weighted by molar-refractivity contribution is 0.619. The highest BCUT2D eigenvalue weighted by molar-refractivity contribution is 5.29. The summed E-state index contributed by atoms with van der Waals surface area (Å²) in [5.74, 6) is 1.30. The zero-order chi connectivity index (χ0) is 12.5. The number of nitrogen functional groups attached to an aromatic ring is 1. The van der Waals surface area contributed by atoms with Crippen LogP contribution in [0.1, 0.15) is 35.7 Å². The maximum Gasteiger partial charge on any atom is 0.150 e. The fourth-order valence-electron chi connectivity index (χ4n) is 2.55. The third-order valence-corrected chi connectivity index (χ3v) is 3.34. The Balaban J connectivity index is 1.90. The molecule has 0 saturated carbocycles. The quantitative estimate of drug-likeness (QED) is 0.867. The van der Waals surface area contributed by atoms with Crippen LogP contribution in [0.5, 0.6) is 0 Å². The van der Waals surface area contributed by atoms with Crippen LogP contribution in [0.25, 0.3) is 0 Å². The van der Waals surface area contributed by atoms with Gasteiger partial charge in [-0.05, 0) is 32.6 Å². The van der Waals surface area contributed by atoms with E-state index in [-0.39, 0.29) is 0 Å². The molecule has 0 aliphatic heterocycles. The van der Waals surface area contributed by atoms with Gasteiger partial charge in [0, 0.05) is 17.5 Å². The van der Waals surface area contributed by atoms with E-state index in [9.17, 15) is 0 Å². The maximum atomic E-state index is 5.75. The highest BCUT2D eigenvalue weighted by Gasteiger charge is 2.15. The molecule has 0 saturated heterocycles. The highest BCUT2D eigenvalue weighted by Crippen LogP contribution is 2.20. The molecule has 0 unspecified atom stereocenters. The van der Waals surface area contributed by atoms with Crippen LogP contribution in [0.4, 0.5) is 5.82 Å². The van der Waals surface area contributed by atoms with Gasteiger partial charge in [0.2, 0.25) is 0 Å². The Labute approximate surface area is 106 Å². The van der Waals surface area contributed by atoms with Crippen molar-refractivity contribution in [2.24, 2.45) is 0 Å². The van der Waals surface area contributed by atoms with Crippen molar-refractivity contribution < 1.29 is 0 Å². The Kier molecular flexibility index (Phi) is 2.74. The molecule has 1 aliphatic rings. The second-order valence-electron chi connectivity index (χ2n) is 4.82. The van der Waals surface area contributed by atoms with Crippen LogP contribution in [-0.2, 0) is 19.4 Å². The molecule has 0 amide bonds. The summed E-state index contributed by atoms with van der Waals surface area (Å²) in [6.07, 6.45) is 6.60. The van der Waals surface area contributed by atoms with E-state index in [1.165, 1.54) is 24.2 Å². The zero-order valence-corrected chi connectivity index (χ0v) is 10.6. The van der Waals surface area contributed by atoms with Crippen LogP contribution in [0.2, 0.25) is 0 Å². The van der Waals surface area contributed by atoms with Gasteiger partial charge in [-0.25, -0.2) is 15.0 Å². The number of hydrogen-bond donors (Lipinski definition) is 1. The van der Waals surface area contributed by atoms with Gasteiger partial charge in [-0.1, -0.05) is 0 Å². The predicted molar refractivity (Wildman–Crippen MR) is 69.2 cm³/mol. The number of nitrogens with two attached hydrogens (primary N) is 1. The van der Waals surface area contributed by atoms with Gasteiger partial charge in [-0.15, -0.1) is 0 Å². The first-order valence-corrected chi connectivity index (χ1v) is 6.35. The molecule has 0 bridgehead atoms. The largest absolute Gasteiger partial charge is 0.384 e. The number of aromatic nitrogens is 4. The van der Waals surface area contributed by atoms with E-state index < -0.39 is 0 Å². The fraction of sp³-hybridized carbons (Fsp3) is 0.462. The Bertz CT molecular complexity index is 553. The topological polar surface area (TPSA) is 69.6 Å². The molecule has 2 N–H and O–H groups in total. The lowest BCUT2D eigenvalue weighted by Gasteiger charge is -2.13. The number of hydrogen-bond acceptors (Lipinski definition) is 4. The lowest BCUT2D eigenvalue weighted by atomic mass is 10.0. The average Bonchev–Trinajstić information content (AvgIpc) is 2.72. The number of fused-ring (bicyclic) bond motifs is 1. The Hall–Kier alpha value is -1.91. The van der Waals surface area contributed by atoms with Crippen LogP contribution in [0, 0.1) is 6.92 Å². The molecule has 0 radical (unpaired) electrons. The van der Waals surface area contributed by atoms with E-state index in [0.29, 0.717) is 12.4 Å². The van der Waals surface area contributed by atoms with Gasteiger partial charge in [0.05, 0.1) is 18.6 Å². The first kappa shape index (κ1) is 11.2. The second kappa shape index (κ2) is 4.40. The molecule has 5 heteroatoms. The van der Waals surface area contributed by atoms with Crippen molar-refractivity contribution in [1.29, 1.82) is 0 Å². The van der Waals surface area contributed by atoms with Crippen LogP contribution in [-0.4, -0.2) is 19.5 Å². The van der Waals surface area contributed by atoms with E-state index >= 15 is 0 Å². The SMILES string of the molecule is Cc1cc(N)nc(Cn2cnc3c2CCCC3)n1. The molecule has 3 rings (SSSR count). The number of imidazole rings is 1. The molecule has 2 aromatic rings. The molecule has 0 atom stereocenters. The van der Waals surface area contributed by atoms with E-state index in [1.807, 2.05) is 13.3 Å². The maximum absolute atomic E-state index is 5.75. The lowest BCUT2D eigenvalue weighted by Crippen LogP contribution is -2.11. The molecule has 5 nitrogen and oxygen atoms in total. The first-order chi connectivity index (χ1) is 8.72. The monoisotopic (exact) mass is 243 g/mol. The van der Waals surface area contributed by atoms with Crippen molar-refractivity contribution in [1.82, 2.24) is 19.5 Å². The number of rotatable bonds is 2. The minimum absolute atomic E-state index is 0.534. The van der Waals surface area contributed by atoms with Crippen molar-refractivity contribution in [2.45, 2.75) is 39.2 Å². The molecule has 18 heavy (non-hydrogen) atoms. The summed E-state index contributed by atoms with van der Waals surface area (Å²) in [4.78, 5) is 13.2. The Morgan fingerprint density at radius 2 is 2.11 bits per heavy atom. The summed E-state index contributed by atoms with van der Waals surface area (Å²) in [6, 6.07) is 1.78. The van der Waals surface area contributed by atoms with Gasteiger partial charge < -0.3 is 10.3 Å². The standard InChI is InChI=1S/C13H17N5/c1-9-6-12(14)17-13(16-9)7-18-8-15-10-4-2-3-5-11(10)18/h6,8H,2-5,7H2,1H3,(H2,14,16,17). The van der Waals surface area contributed by atoms with Crippen molar-refractivity contribution >= 4 is 5.82 Å². The van der Waals surface area contributed by atoms with E-state index in [0.717, 1.165) is 24.4 Å². The number of aryl methyl sites for hydroxylation is 2. The van der Waals surface area contributed by atoms with Crippen LogP contribution in [0.15, 0.2) is 12.4 Å². The third kappa shape index (κ3) is 2.08. The first-order valence-electron chi connectivity index (χ1n) is 6.35. The number of nitrogens with zero attached hydrogens (tertiary/aromatic N) is 4. The zero-order valence-electron chi connectivity index (χ0n) is 10.6. The molecule has 1 aliphatic carbocycles. The predicted octanol–water partition coefficient (Wildman–Crippen LogP) is 1.49. The van der Waals surface area contributed by atoms with Crippen LogP contribution < -0.4 is 5.73 Å². The molecular weight excluding hydrogens is 226 g/mol. The van der Waals surface area contributed by atoms with Crippen molar-refractivity contribution in [3.05, 3.63) is 35.3 Å². The van der Waals surface area contributed by atoms with Crippen molar-refractivity contribution in [2.75, 3.05) is 5.73 Å². The van der Waals surface area contributed by atoms with E-state index in [2.05, 4.69) is 19.5 Å². The van der Waals surface area contributed by atoms with Gasteiger partial charge in [0.1, 0.15) is 5.82 Å². The van der Waals surface area contributed by atoms with Crippen molar-refractivity contribution in [3.8, 4) is 0 Å². The Morgan fingerprint density at radius 1 is 1.28 bits per heavy atom. The smallest absolute Gasteiger partial charge is 0.150 e. The van der Waals surface area contributed by atoms with Gasteiger partial charge in [0.15, 0.2) is 5.82 Å². The van der Waals surface area contributed by atoms with Crippen molar-refractivity contribution in [3.63, 3.8) is 0 Å². The molecular formula is C13H17N5. The molecule has 0 aromatic carbocycles. The molecule has 2 aromatic heterocycles. The molecule has 94 valence electrons. The highest BCUT2D eigenvalue weighted by atomic mass is 15.1. The molecule has 2 heterocycles. The fourth-order valence-corrected chi connectivity index (χ4v) is 2.55. The van der Waals surface area contributed by atoms with E-state index in [1.54, 1.807) is 6.07 Å². The summed E-state index contributed by atoms with van der Waals surface area (Å²) in [6.45, 7) is 2.60. The van der Waals surface area contributed by atoms with Gasteiger partial charge in [-0.2, -0.15) is 0 Å². The second-order valence-corrected chi connectivity index (χ2v) is 4.82. The summed E-state index contributed by atoms with van der Waals surface area (Å²) in [5, 5.41) is 0. The molecule has 0 spiro atoms. The summed E-state index contributed by atoms with van der Waals surface area (Å²) < 4.78 is 2.16. The summed E-state index contributed by atoms with van der Waals surface area (Å²) in [5.41, 5.74) is 9.23. The van der Waals surface area contributed by atoms with Crippen LogP contribution >= 0.6 is 0 Å².